The van der Waals surface area contributed by atoms with Gasteiger partial charge in [-0.25, -0.2) is 0 Å². The molecule has 1 atom stereocenters. The zero-order valence-corrected chi connectivity index (χ0v) is 14.7. The Balaban J connectivity index is 1.64. The third-order valence-electron chi connectivity index (χ3n) is 5.28. The summed E-state index contributed by atoms with van der Waals surface area (Å²) in [7, 11) is 3.10. The standard InChI is InChI=1S/C20H20N2O4/c1-25-14-9-13(10-15(11-14)26-2)18(23)22-8-7-20(12-22)16-5-3-4-6-17(16)21-19(20)24/h3-6,9-11H,7-8,12H2,1-2H3,(H,21,24)/t20-/m1/s1. The highest BCUT2D eigenvalue weighted by atomic mass is 16.5. The fraction of sp³-hybridized carbons (Fsp3) is 0.300. The summed E-state index contributed by atoms with van der Waals surface area (Å²) in [5, 5.41) is 2.95. The second-order valence-corrected chi connectivity index (χ2v) is 6.66. The fourth-order valence-corrected chi connectivity index (χ4v) is 3.88. The second-order valence-electron chi connectivity index (χ2n) is 6.66. The zero-order chi connectivity index (χ0) is 18.3. The van der Waals surface area contributed by atoms with Gasteiger partial charge in [0, 0.05) is 30.4 Å². The molecule has 6 heteroatoms. The molecule has 1 spiro atoms. The first-order valence-corrected chi connectivity index (χ1v) is 8.51. The highest BCUT2D eigenvalue weighted by Crippen LogP contribution is 2.44. The van der Waals surface area contributed by atoms with Crippen molar-refractivity contribution < 1.29 is 19.1 Å². The molecule has 6 nitrogen and oxygen atoms in total. The molecule has 26 heavy (non-hydrogen) atoms. The third-order valence-corrected chi connectivity index (χ3v) is 5.28. The summed E-state index contributed by atoms with van der Waals surface area (Å²) in [4.78, 5) is 27.4. The van der Waals surface area contributed by atoms with E-state index < -0.39 is 5.41 Å². The van der Waals surface area contributed by atoms with Crippen LogP contribution < -0.4 is 14.8 Å². The molecular weight excluding hydrogens is 332 g/mol. The van der Waals surface area contributed by atoms with Gasteiger partial charge in [-0.15, -0.1) is 0 Å². The maximum Gasteiger partial charge on any atom is 0.254 e. The summed E-state index contributed by atoms with van der Waals surface area (Å²) in [6, 6.07) is 12.8. The molecule has 0 unspecified atom stereocenters. The Labute approximate surface area is 151 Å². The van der Waals surface area contributed by atoms with Crippen molar-refractivity contribution in [2.75, 3.05) is 32.6 Å². The molecule has 4 rings (SSSR count). The van der Waals surface area contributed by atoms with E-state index in [9.17, 15) is 9.59 Å². The largest absolute Gasteiger partial charge is 0.497 e. The van der Waals surface area contributed by atoms with Gasteiger partial charge in [0.2, 0.25) is 5.91 Å². The SMILES string of the molecule is COc1cc(OC)cc(C(=O)N2CC[C@]3(C2)C(=O)Nc2ccccc23)c1. The number of ether oxygens (including phenoxy) is 2. The lowest BCUT2D eigenvalue weighted by atomic mass is 9.81. The number of benzene rings is 2. The number of hydrogen-bond acceptors (Lipinski definition) is 4. The number of carbonyl (C=O) groups is 2. The van der Waals surface area contributed by atoms with Crippen molar-refractivity contribution in [1.29, 1.82) is 0 Å². The minimum absolute atomic E-state index is 0.0303. The number of hydrogen-bond donors (Lipinski definition) is 1. The summed E-state index contributed by atoms with van der Waals surface area (Å²) < 4.78 is 10.5. The summed E-state index contributed by atoms with van der Waals surface area (Å²) in [6.45, 7) is 0.897. The molecule has 0 saturated carbocycles. The van der Waals surface area contributed by atoms with Crippen LogP contribution in [0, 0.1) is 0 Å². The Kier molecular flexibility index (Phi) is 3.83. The lowest BCUT2D eigenvalue weighted by molar-refractivity contribution is -0.120. The smallest absolute Gasteiger partial charge is 0.254 e. The highest BCUT2D eigenvalue weighted by molar-refractivity contribution is 6.07. The van der Waals surface area contributed by atoms with Gasteiger partial charge in [0.05, 0.1) is 19.6 Å². The number of amides is 2. The monoisotopic (exact) mass is 352 g/mol. The number of carbonyl (C=O) groups excluding carboxylic acids is 2. The van der Waals surface area contributed by atoms with E-state index >= 15 is 0 Å². The molecule has 2 aliphatic heterocycles. The summed E-state index contributed by atoms with van der Waals surface area (Å²) in [6.07, 6.45) is 0.614. The predicted molar refractivity (Wildman–Crippen MR) is 96.8 cm³/mol. The van der Waals surface area contributed by atoms with Gasteiger partial charge in [-0.05, 0) is 30.2 Å². The van der Waals surface area contributed by atoms with Crippen LogP contribution in [0.2, 0.25) is 0 Å². The summed E-state index contributed by atoms with van der Waals surface area (Å²) in [5.74, 6) is 0.963. The summed E-state index contributed by atoms with van der Waals surface area (Å²) >= 11 is 0. The van der Waals surface area contributed by atoms with Crippen LogP contribution in [0.4, 0.5) is 5.69 Å². The molecular formula is C20H20N2O4. The van der Waals surface area contributed by atoms with E-state index in [4.69, 9.17) is 9.47 Å². The van der Waals surface area contributed by atoms with Gasteiger partial charge in [-0.1, -0.05) is 18.2 Å². The van der Waals surface area contributed by atoms with E-state index in [2.05, 4.69) is 5.32 Å². The minimum atomic E-state index is -0.658. The van der Waals surface area contributed by atoms with Crippen molar-refractivity contribution in [3.05, 3.63) is 53.6 Å². The molecule has 2 heterocycles. The van der Waals surface area contributed by atoms with E-state index in [1.807, 2.05) is 24.3 Å². The number of rotatable bonds is 3. The Bertz CT molecular complexity index is 873. The quantitative estimate of drug-likeness (QED) is 0.921. The van der Waals surface area contributed by atoms with E-state index in [0.717, 1.165) is 11.3 Å². The third kappa shape index (κ3) is 2.41. The molecule has 2 aromatic carbocycles. The predicted octanol–water partition coefficient (Wildman–Crippen LogP) is 2.44. The number of nitrogens with zero attached hydrogens (tertiary/aromatic N) is 1. The molecule has 1 saturated heterocycles. The van der Waals surface area contributed by atoms with E-state index in [1.165, 1.54) is 0 Å². The average Bonchev–Trinajstić information content (AvgIpc) is 3.24. The molecule has 1 fully saturated rings. The van der Waals surface area contributed by atoms with Gasteiger partial charge < -0.3 is 19.7 Å². The fourth-order valence-electron chi connectivity index (χ4n) is 3.88. The lowest BCUT2D eigenvalue weighted by Gasteiger charge is -2.23. The van der Waals surface area contributed by atoms with Crippen molar-refractivity contribution in [2.24, 2.45) is 0 Å². The van der Waals surface area contributed by atoms with E-state index in [-0.39, 0.29) is 11.8 Å². The number of para-hydroxylation sites is 1. The van der Waals surface area contributed by atoms with Crippen LogP contribution in [0.25, 0.3) is 0 Å². The number of methoxy groups -OCH3 is 2. The van der Waals surface area contributed by atoms with Gasteiger partial charge in [0.25, 0.3) is 5.91 Å². The maximum absolute atomic E-state index is 13.0. The topological polar surface area (TPSA) is 67.9 Å². The summed E-state index contributed by atoms with van der Waals surface area (Å²) in [5.41, 5.74) is 1.65. The second kappa shape index (κ2) is 6.05. The first-order valence-electron chi connectivity index (χ1n) is 8.51. The molecule has 0 bridgehead atoms. The maximum atomic E-state index is 13.0. The normalized spacial score (nSPS) is 20.8. The molecule has 134 valence electrons. The van der Waals surface area contributed by atoms with Crippen LogP contribution >= 0.6 is 0 Å². The van der Waals surface area contributed by atoms with Crippen LogP contribution in [0.5, 0.6) is 11.5 Å². The van der Waals surface area contributed by atoms with Crippen molar-refractivity contribution in [1.82, 2.24) is 4.90 Å². The van der Waals surface area contributed by atoms with E-state index in [0.29, 0.717) is 36.6 Å². The van der Waals surface area contributed by atoms with Gasteiger partial charge in [0.15, 0.2) is 0 Å². The molecule has 2 amide bonds. The molecule has 0 aromatic heterocycles. The Morgan fingerprint density at radius 1 is 1.12 bits per heavy atom. The number of fused-ring (bicyclic) bond motifs is 2. The first-order chi connectivity index (χ1) is 12.6. The first kappa shape index (κ1) is 16.4. The number of anilines is 1. The molecule has 2 aliphatic rings. The number of nitrogens with one attached hydrogen (secondary N) is 1. The van der Waals surface area contributed by atoms with Gasteiger partial charge in [-0.2, -0.15) is 0 Å². The van der Waals surface area contributed by atoms with Crippen molar-refractivity contribution >= 4 is 17.5 Å². The molecule has 0 radical (unpaired) electrons. The van der Waals surface area contributed by atoms with Gasteiger partial charge in [-0.3, -0.25) is 9.59 Å². The van der Waals surface area contributed by atoms with Gasteiger partial charge in [0.1, 0.15) is 11.5 Å². The van der Waals surface area contributed by atoms with Crippen molar-refractivity contribution in [2.45, 2.75) is 11.8 Å². The lowest BCUT2D eigenvalue weighted by Crippen LogP contribution is -2.39. The van der Waals surface area contributed by atoms with Gasteiger partial charge >= 0.3 is 0 Å². The highest BCUT2D eigenvalue weighted by Gasteiger charge is 2.52. The van der Waals surface area contributed by atoms with Crippen LogP contribution in [0.3, 0.4) is 0 Å². The average molecular weight is 352 g/mol. The van der Waals surface area contributed by atoms with Crippen molar-refractivity contribution in [3.8, 4) is 11.5 Å². The number of likely N-dealkylation sites (tertiary alicyclic amines) is 1. The Morgan fingerprint density at radius 2 is 1.81 bits per heavy atom. The van der Waals surface area contributed by atoms with Crippen LogP contribution in [0.15, 0.2) is 42.5 Å². The molecule has 1 N–H and O–H groups in total. The zero-order valence-electron chi connectivity index (χ0n) is 14.7. The van der Waals surface area contributed by atoms with Crippen LogP contribution in [-0.2, 0) is 10.2 Å². The molecule has 0 aliphatic carbocycles. The van der Waals surface area contributed by atoms with Crippen LogP contribution in [0.1, 0.15) is 22.3 Å². The molecule has 2 aromatic rings. The van der Waals surface area contributed by atoms with E-state index in [1.54, 1.807) is 37.3 Å². The Morgan fingerprint density at radius 3 is 2.50 bits per heavy atom. The van der Waals surface area contributed by atoms with Crippen molar-refractivity contribution in [3.63, 3.8) is 0 Å². The Hall–Kier alpha value is -3.02. The minimum Gasteiger partial charge on any atom is -0.497 e. The van der Waals surface area contributed by atoms with Crippen LogP contribution in [-0.4, -0.2) is 44.0 Å².